The Kier molecular flexibility index (Phi) is 6.08. The summed E-state index contributed by atoms with van der Waals surface area (Å²) in [6, 6.07) is -0.204. The minimum atomic E-state index is -0.856. The first-order valence-electron chi connectivity index (χ1n) is 6.85. The number of nitrogens with zero attached hydrogens (tertiary/aromatic N) is 1. The highest BCUT2D eigenvalue weighted by molar-refractivity contribution is 5.76. The van der Waals surface area contributed by atoms with Crippen molar-refractivity contribution in [3.8, 4) is 0 Å². The number of carboxylic acids is 1. The predicted molar refractivity (Wildman–Crippen MR) is 71.0 cm³/mol. The smallest absolute Gasteiger partial charge is 0.317 e. The number of carboxylic acid groups (broad SMARTS) is 1. The first kappa shape index (κ1) is 15.8. The van der Waals surface area contributed by atoms with Gasteiger partial charge in [0, 0.05) is 19.6 Å². The van der Waals surface area contributed by atoms with Gasteiger partial charge in [-0.05, 0) is 20.3 Å². The van der Waals surface area contributed by atoms with E-state index in [1.54, 1.807) is 4.90 Å². The summed E-state index contributed by atoms with van der Waals surface area (Å²) < 4.78 is 5.55. The zero-order valence-corrected chi connectivity index (χ0v) is 11.9. The molecule has 1 heterocycles. The van der Waals surface area contributed by atoms with Crippen molar-refractivity contribution in [3.63, 3.8) is 0 Å². The minimum Gasteiger partial charge on any atom is -0.481 e. The summed E-state index contributed by atoms with van der Waals surface area (Å²) in [4.78, 5) is 24.7. The minimum absolute atomic E-state index is 0.0143. The molecule has 110 valence electrons. The van der Waals surface area contributed by atoms with Crippen molar-refractivity contribution >= 4 is 12.0 Å². The molecule has 1 saturated heterocycles. The van der Waals surface area contributed by atoms with Crippen LogP contribution in [0.4, 0.5) is 4.79 Å². The van der Waals surface area contributed by atoms with Gasteiger partial charge in [-0.25, -0.2) is 4.79 Å². The van der Waals surface area contributed by atoms with E-state index in [1.165, 1.54) is 0 Å². The van der Waals surface area contributed by atoms with Crippen LogP contribution in [-0.4, -0.2) is 53.8 Å². The topological polar surface area (TPSA) is 78.9 Å². The van der Waals surface area contributed by atoms with Crippen molar-refractivity contribution in [1.82, 2.24) is 10.2 Å². The number of morpholine rings is 1. The Labute approximate surface area is 114 Å². The third kappa shape index (κ3) is 5.06. The second kappa shape index (κ2) is 7.33. The Hall–Kier alpha value is -1.30. The second-order valence-corrected chi connectivity index (χ2v) is 5.17. The Morgan fingerprint density at radius 2 is 1.95 bits per heavy atom. The number of carbonyl (C=O) groups is 2. The number of ether oxygens (including phenoxy) is 1. The number of aliphatic carboxylic acids is 1. The Bertz CT molecular complexity index is 312. The van der Waals surface area contributed by atoms with Crippen molar-refractivity contribution in [2.45, 2.75) is 45.8 Å². The van der Waals surface area contributed by atoms with Gasteiger partial charge in [-0.15, -0.1) is 0 Å². The molecule has 0 aromatic heterocycles. The maximum Gasteiger partial charge on any atom is 0.317 e. The standard InChI is InChI=1S/C13H24N2O4/c1-4-5-11(12(16)17)6-14-13(18)15-7-9(2)19-10(3)8-15/h9-11H,4-8H2,1-3H3,(H,14,18)(H,16,17)/t9-,10+,11?. The largest absolute Gasteiger partial charge is 0.481 e. The number of amides is 2. The van der Waals surface area contributed by atoms with Crippen molar-refractivity contribution < 1.29 is 19.4 Å². The molecule has 0 bridgehead atoms. The Morgan fingerprint density at radius 1 is 1.37 bits per heavy atom. The van der Waals surface area contributed by atoms with Crippen LogP contribution < -0.4 is 5.32 Å². The Balaban J connectivity index is 2.43. The van der Waals surface area contributed by atoms with Gasteiger partial charge in [-0.3, -0.25) is 4.79 Å². The van der Waals surface area contributed by atoms with Gasteiger partial charge >= 0.3 is 12.0 Å². The SMILES string of the molecule is CCCC(CNC(=O)N1C[C@@H](C)O[C@@H](C)C1)C(=O)O. The fourth-order valence-electron chi connectivity index (χ4n) is 2.33. The molecule has 1 aliphatic heterocycles. The van der Waals surface area contributed by atoms with Crippen LogP contribution in [0.15, 0.2) is 0 Å². The van der Waals surface area contributed by atoms with Crippen molar-refractivity contribution in [1.29, 1.82) is 0 Å². The zero-order chi connectivity index (χ0) is 14.4. The lowest BCUT2D eigenvalue weighted by molar-refractivity contribution is -0.141. The molecule has 6 nitrogen and oxygen atoms in total. The third-order valence-corrected chi connectivity index (χ3v) is 3.19. The molecule has 3 atom stereocenters. The summed E-state index contributed by atoms with van der Waals surface area (Å²) >= 11 is 0. The highest BCUT2D eigenvalue weighted by atomic mass is 16.5. The van der Waals surface area contributed by atoms with Crippen LogP contribution in [-0.2, 0) is 9.53 Å². The van der Waals surface area contributed by atoms with Gasteiger partial charge in [0.1, 0.15) is 0 Å². The third-order valence-electron chi connectivity index (χ3n) is 3.19. The summed E-state index contributed by atoms with van der Waals surface area (Å²) in [6.45, 7) is 7.05. The summed E-state index contributed by atoms with van der Waals surface area (Å²) in [5, 5.41) is 11.7. The van der Waals surface area contributed by atoms with Crippen LogP contribution in [0.5, 0.6) is 0 Å². The van der Waals surface area contributed by atoms with Crippen molar-refractivity contribution in [2.24, 2.45) is 5.92 Å². The molecule has 0 aliphatic carbocycles. The van der Waals surface area contributed by atoms with Crippen LogP contribution in [0.1, 0.15) is 33.6 Å². The number of hydrogen-bond acceptors (Lipinski definition) is 3. The number of hydrogen-bond donors (Lipinski definition) is 2. The average Bonchev–Trinajstić information content (AvgIpc) is 2.32. The number of carbonyl (C=O) groups excluding carboxylic acids is 1. The average molecular weight is 272 g/mol. The van der Waals surface area contributed by atoms with Crippen molar-refractivity contribution in [2.75, 3.05) is 19.6 Å². The maximum atomic E-state index is 12.0. The number of urea groups is 1. The van der Waals surface area contributed by atoms with Gasteiger partial charge in [-0.1, -0.05) is 13.3 Å². The van der Waals surface area contributed by atoms with Gasteiger partial charge in [-0.2, -0.15) is 0 Å². The monoisotopic (exact) mass is 272 g/mol. The van der Waals surface area contributed by atoms with Gasteiger partial charge in [0.15, 0.2) is 0 Å². The van der Waals surface area contributed by atoms with E-state index in [-0.39, 0.29) is 24.8 Å². The summed E-state index contributed by atoms with van der Waals surface area (Å²) in [5.74, 6) is -1.37. The quantitative estimate of drug-likeness (QED) is 0.791. The Morgan fingerprint density at radius 3 is 2.42 bits per heavy atom. The highest BCUT2D eigenvalue weighted by Gasteiger charge is 2.26. The first-order valence-corrected chi connectivity index (χ1v) is 6.85. The van der Waals surface area contributed by atoms with E-state index in [4.69, 9.17) is 9.84 Å². The molecule has 6 heteroatoms. The fraction of sp³-hybridized carbons (Fsp3) is 0.846. The molecular weight excluding hydrogens is 248 g/mol. The molecule has 0 saturated carbocycles. The van der Waals surface area contributed by atoms with E-state index in [2.05, 4.69) is 5.32 Å². The molecule has 19 heavy (non-hydrogen) atoms. The molecule has 0 spiro atoms. The highest BCUT2D eigenvalue weighted by Crippen LogP contribution is 2.11. The van der Waals surface area contributed by atoms with Crippen molar-refractivity contribution in [3.05, 3.63) is 0 Å². The number of nitrogens with one attached hydrogen (secondary N) is 1. The van der Waals surface area contributed by atoms with E-state index in [0.29, 0.717) is 19.5 Å². The molecule has 0 aromatic carbocycles. The predicted octanol–water partition coefficient (Wildman–Crippen LogP) is 1.31. The normalized spacial score (nSPS) is 24.9. The first-order chi connectivity index (χ1) is 8.93. The molecule has 2 N–H and O–H groups in total. The molecule has 1 aliphatic rings. The van der Waals surface area contributed by atoms with E-state index in [9.17, 15) is 9.59 Å². The van der Waals surface area contributed by atoms with Crippen LogP contribution >= 0.6 is 0 Å². The van der Waals surface area contributed by atoms with E-state index >= 15 is 0 Å². The number of rotatable bonds is 5. The van der Waals surface area contributed by atoms with Gasteiger partial charge < -0.3 is 20.1 Å². The molecule has 1 rings (SSSR count). The lowest BCUT2D eigenvalue weighted by Gasteiger charge is -2.35. The molecule has 1 fully saturated rings. The van der Waals surface area contributed by atoms with E-state index in [0.717, 1.165) is 6.42 Å². The lowest BCUT2D eigenvalue weighted by atomic mass is 10.0. The summed E-state index contributed by atoms with van der Waals surface area (Å²) in [5.41, 5.74) is 0. The van der Waals surface area contributed by atoms with Crippen LogP contribution in [0.25, 0.3) is 0 Å². The van der Waals surface area contributed by atoms with Crippen LogP contribution in [0, 0.1) is 5.92 Å². The van der Waals surface area contributed by atoms with Crippen LogP contribution in [0.2, 0.25) is 0 Å². The fourth-order valence-corrected chi connectivity index (χ4v) is 2.33. The molecular formula is C13H24N2O4. The zero-order valence-electron chi connectivity index (χ0n) is 11.9. The molecule has 0 aromatic rings. The summed E-state index contributed by atoms with van der Waals surface area (Å²) in [7, 11) is 0. The molecule has 2 amide bonds. The molecule has 0 radical (unpaired) electrons. The van der Waals surface area contributed by atoms with Gasteiger partial charge in [0.25, 0.3) is 0 Å². The van der Waals surface area contributed by atoms with E-state index < -0.39 is 11.9 Å². The van der Waals surface area contributed by atoms with Gasteiger partial charge in [0.05, 0.1) is 18.1 Å². The van der Waals surface area contributed by atoms with Crippen LogP contribution in [0.3, 0.4) is 0 Å². The van der Waals surface area contributed by atoms with Gasteiger partial charge in [0.2, 0.25) is 0 Å². The summed E-state index contributed by atoms with van der Waals surface area (Å²) in [6.07, 6.45) is 1.39. The maximum absolute atomic E-state index is 12.0. The lowest BCUT2D eigenvalue weighted by Crippen LogP contribution is -2.52. The second-order valence-electron chi connectivity index (χ2n) is 5.17. The molecule has 1 unspecified atom stereocenters. The van der Waals surface area contributed by atoms with E-state index in [1.807, 2.05) is 20.8 Å².